The minimum atomic E-state index is -0.213. The molecule has 1 N–H and O–H groups in total. The van der Waals surface area contributed by atoms with Gasteiger partial charge in [0.2, 0.25) is 0 Å². The van der Waals surface area contributed by atoms with Crippen molar-refractivity contribution in [1.29, 1.82) is 0 Å². The van der Waals surface area contributed by atoms with Crippen LogP contribution in [0, 0.1) is 0 Å². The predicted octanol–water partition coefficient (Wildman–Crippen LogP) is 4.63. The second-order valence-electron chi connectivity index (χ2n) is 4.98. The van der Waals surface area contributed by atoms with Gasteiger partial charge in [-0.05, 0) is 36.4 Å². The summed E-state index contributed by atoms with van der Waals surface area (Å²) >= 11 is 1.44. The number of nitrogens with zero attached hydrogens (tertiary/aromatic N) is 1. The van der Waals surface area contributed by atoms with E-state index in [0.717, 1.165) is 22.0 Å². The van der Waals surface area contributed by atoms with Crippen LogP contribution in [0.5, 0.6) is 5.75 Å². The zero-order valence-corrected chi connectivity index (χ0v) is 13.8. The Morgan fingerprint density at radius 1 is 1.17 bits per heavy atom. The molecule has 0 radical (unpaired) electrons. The molecule has 0 fully saturated rings. The fourth-order valence-electron chi connectivity index (χ4n) is 2.08. The molecule has 24 heavy (non-hydrogen) atoms. The molecule has 1 heterocycles. The highest BCUT2D eigenvalue weighted by atomic mass is 32.1. The van der Waals surface area contributed by atoms with Crippen molar-refractivity contribution in [2.24, 2.45) is 0 Å². The highest BCUT2D eigenvalue weighted by Gasteiger charge is 2.12. The summed E-state index contributed by atoms with van der Waals surface area (Å²) in [7, 11) is 0. The molecule has 0 saturated heterocycles. The van der Waals surface area contributed by atoms with Gasteiger partial charge in [-0.15, -0.1) is 11.3 Å². The average Bonchev–Trinajstić information content (AvgIpc) is 3.11. The molecule has 0 bridgehead atoms. The Bertz CT molecular complexity index is 826. The number of nitrogens with one attached hydrogen (secondary N) is 1. The SMILES string of the molecule is C=CCOc1ccc(-c2nc(C(=O)Nc3ccccc3)cs2)cc1. The van der Waals surface area contributed by atoms with Crippen molar-refractivity contribution in [2.45, 2.75) is 0 Å². The lowest BCUT2D eigenvalue weighted by molar-refractivity contribution is 0.102. The van der Waals surface area contributed by atoms with Gasteiger partial charge in [-0.25, -0.2) is 4.98 Å². The molecule has 3 rings (SSSR count). The van der Waals surface area contributed by atoms with Gasteiger partial charge in [-0.3, -0.25) is 4.79 Å². The molecule has 0 atom stereocenters. The Kier molecular flexibility index (Phi) is 5.03. The zero-order chi connectivity index (χ0) is 16.8. The first-order valence-corrected chi connectivity index (χ1v) is 8.30. The number of benzene rings is 2. The third kappa shape index (κ3) is 3.88. The van der Waals surface area contributed by atoms with Crippen LogP contribution < -0.4 is 10.1 Å². The summed E-state index contributed by atoms with van der Waals surface area (Å²) in [5.74, 6) is 0.562. The molecule has 0 saturated carbocycles. The maximum Gasteiger partial charge on any atom is 0.275 e. The van der Waals surface area contributed by atoms with E-state index in [1.165, 1.54) is 11.3 Å². The van der Waals surface area contributed by atoms with Gasteiger partial charge in [0, 0.05) is 16.6 Å². The van der Waals surface area contributed by atoms with E-state index >= 15 is 0 Å². The number of hydrogen-bond acceptors (Lipinski definition) is 4. The van der Waals surface area contributed by atoms with E-state index in [-0.39, 0.29) is 5.91 Å². The van der Waals surface area contributed by atoms with Gasteiger partial charge in [0.1, 0.15) is 23.1 Å². The number of hydrogen-bond donors (Lipinski definition) is 1. The standard InChI is InChI=1S/C19H16N2O2S/c1-2-12-23-16-10-8-14(9-11-16)19-21-17(13-24-19)18(22)20-15-6-4-3-5-7-15/h2-11,13H,1,12H2,(H,20,22). The monoisotopic (exact) mass is 336 g/mol. The van der Waals surface area contributed by atoms with E-state index in [4.69, 9.17) is 4.74 Å². The first kappa shape index (κ1) is 16.0. The minimum absolute atomic E-state index is 0.213. The van der Waals surface area contributed by atoms with Crippen LogP contribution in [0.15, 0.2) is 72.6 Å². The molecular weight excluding hydrogens is 320 g/mol. The Balaban J connectivity index is 1.70. The van der Waals surface area contributed by atoms with Gasteiger partial charge < -0.3 is 10.1 Å². The molecule has 0 unspecified atom stereocenters. The van der Waals surface area contributed by atoms with E-state index in [2.05, 4.69) is 16.9 Å². The molecule has 1 aromatic heterocycles. The molecular formula is C19H16N2O2S. The van der Waals surface area contributed by atoms with E-state index < -0.39 is 0 Å². The third-order valence-electron chi connectivity index (χ3n) is 3.24. The molecule has 1 amide bonds. The van der Waals surface area contributed by atoms with Crippen molar-refractivity contribution >= 4 is 22.9 Å². The van der Waals surface area contributed by atoms with Gasteiger partial charge in [-0.2, -0.15) is 0 Å². The third-order valence-corrected chi connectivity index (χ3v) is 4.13. The number of para-hydroxylation sites is 1. The highest BCUT2D eigenvalue weighted by Crippen LogP contribution is 2.26. The molecule has 0 spiro atoms. The van der Waals surface area contributed by atoms with Crippen LogP contribution in [0.4, 0.5) is 5.69 Å². The van der Waals surface area contributed by atoms with Crippen LogP contribution >= 0.6 is 11.3 Å². The summed E-state index contributed by atoms with van der Waals surface area (Å²) in [6.07, 6.45) is 1.70. The fraction of sp³-hybridized carbons (Fsp3) is 0.0526. The molecule has 3 aromatic rings. The van der Waals surface area contributed by atoms with Crippen molar-refractivity contribution in [3.05, 3.63) is 78.3 Å². The largest absolute Gasteiger partial charge is 0.490 e. The smallest absolute Gasteiger partial charge is 0.275 e. The number of rotatable bonds is 6. The molecule has 0 aliphatic heterocycles. The van der Waals surface area contributed by atoms with Gasteiger partial charge in [0.25, 0.3) is 5.91 Å². The van der Waals surface area contributed by atoms with E-state index in [9.17, 15) is 4.79 Å². The van der Waals surface area contributed by atoms with Crippen LogP contribution in [-0.2, 0) is 0 Å². The molecule has 120 valence electrons. The van der Waals surface area contributed by atoms with Crippen molar-refractivity contribution in [1.82, 2.24) is 4.98 Å². The molecule has 4 nitrogen and oxygen atoms in total. The lowest BCUT2D eigenvalue weighted by atomic mass is 10.2. The first-order chi connectivity index (χ1) is 11.8. The summed E-state index contributed by atoms with van der Waals surface area (Å²) in [5.41, 5.74) is 2.11. The first-order valence-electron chi connectivity index (χ1n) is 7.42. The second kappa shape index (κ2) is 7.57. The normalized spacial score (nSPS) is 10.2. The molecule has 2 aromatic carbocycles. The Labute approximate surface area is 144 Å². The summed E-state index contributed by atoms with van der Waals surface area (Å²) < 4.78 is 5.46. The number of ether oxygens (including phenoxy) is 1. The number of thiazole rings is 1. The van der Waals surface area contributed by atoms with E-state index in [1.54, 1.807) is 11.5 Å². The van der Waals surface area contributed by atoms with Gasteiger partial charge in [0.15, 0.2) is 0 Å². The molecule has 5 heteroatoms. The Morgan fingerprint density at radius 3 is 2.62 bits per heavy atom. The summed E-state index contributed by atoms with van der Waals surface area (Å²) in [6.45, 7) is 4.09. The predicted molar refractivity (Wildman–Crippen MR) is 97.6 cm³/mol. The van der Waals surface area contributed by atoms with Crippen LogP contribution in [0.25, 0.3) is 10.6 Å². The van der Waals surface area contributed by atoms with Gasteiger partial charge in [0.05, 0.1) is 0 Å². The molecule has 0 aliphatic carbocycles. The van der Waals surface area contributed by atoms with Crippen LogP contribution in [0.1, 0.15) is 10.5 Å². The lowest BCUT2D eigenvalue weighted by Gasteiger charge is -2.03. The highest BCUT2D eigenvalue weighted by molar-refractivity contribution is 7.13. The topological polar surface area (TPSA) is 51.2 Å². The van der Waals surface area contributed by atoms with Crippen LogP contribution in [-0.4, -0.2) is 17.5 Å². The van der Waals surface area contributed by atoms with Crippen LogP contribution in [0.2, 0.25) is 0 Å². The van der Waals surface area contributed by atoms with Crippen LogP contribution in [0.3, 0.4) is 0 Å². The maximum atomic E-state index is 12.2. The van der Waals surface area contributed by atoms with Crippen molar-refractivity contribution in [3.63, 3.8) is 0 Å². The fourth-order valence-corrected chi connectivity index (χ4v) is 2.88. The number of aromatic nitrogens is 1. The minimum Gasteiger partial charge on any atom is -0.490 e. The van der Waals surface area contributed by atoms with Crippen molar-refractivity contribution < 1.29 is 9.53 Å². The zero-order valence-electron chi connectivity index (χ0n) is 12.9. The lowest BCUT2D eigenvalue weighted by Crippen LogP contribution is -2.12. The number of amides is 1. The summed E-state index contributed by atoms with van der Waals surface area (Å²) in [4.78, 5) is 16.7. The Hall–Kier alpha value is -2.92. The quantitative estimate of drug-likeness (QED) is 0.668. The summed E-state index contributed by atoms with van der Waals surface area (Å²) in [5, 5.41) is 5.39. The molecule has 0 aliphatic rings. The average molecular weight is 336 g/mol. The number of carbonyl (C=O) groups excluding carboxylic acids is 1. The number of carbonyl (C=O) groups is 1. The van der Waals surface area contributed by atoms with Crippen molar-refractivity contribution in [2.75, 3.05) is 11.9 Å². The maximum absolute atomic E-state index is 12.2. The Morgan fingerprint density at radius 2 is 1.92 bits per heavy atom. The van der Waals surface area contributed by atoms with E-state index in [1.807, 2.05) is 54.6 Å². The van der Waals surface area contributed by atoms with Gasteiger partial charge in [-0.1, -0.05) is 30.9 Å². The van der Waals surface area contributed by atoms with Crippen molar-refractivity contribution in [3.8, 4) is 16.3 Å². The van der Waals surface area contributed by atoms with Gasteiger partial charge >= 0.3 is 0 Å². The second-order valence-corrected chi connectivity index (χ2v) is 5.84. The summed E-state index contributed by atoms with van der Waals surface area (Å²) in [6, 6.07) is 16.9. The number of anilines is 1. The van der Waals surface area contributed by atoms with E-state index in [0.29, 0.717) is 12.3 Å².